The van der Waals surface area contributed by atoms with Gasteiger partial charge in [0, 0.05) is 5.02 Å². The highest BCUT2D eigenvalue weighted by Crippen LogP contribution is 2.20. The van der Waals surface area contributed by atoms with Gasteiger partial charge in [0.2, 0.25) is 0 Å². The predicted octanol–water partition coefficient (Wildman–Crippen LogP) is 2.29. The molecule has 1 rings (SSSR count). The fraction of sp³-hybridized carbons (Fsp3) is 0.357. The Labute approximate surface area is 112 Å². The standard InChI is InChI=1S/C14H16ClNO2/c1-3-5-13(17)16-12(4-2)14(18)10-6-8-11(15)9-7-10/h6-9,12,14,18H,4H2,1-2H3,(H,16,17). The fourth-order valence-corrected chi connectivity index (χ4v) is 1.74. The topological polar surface area (TPSA) is 49.3 Å². The summed E-state index contributed by atoms with van der Waals surface area (Å²) in [4.78, 5) is 11.4. The van der Waals surface area contributed by atoms with E-state index in [1.807, 2.05) is 6.92 Å². The van der Waals surface area contributed by atoms with Gasteiger partial charge in [-0.3, -0.25) is 4.79 Å². The van der Waals surface area contributed by atoms with E-state index in [0.717, 1.165) is 5.56 Å². The molecule has 0 aliphatic rings. The van der Waals surface area contributed by atoms with E-state index in [1.165, 1.54) is 0 Å². The van der Waals surface area contributed by atoms with Crippen LogP contribution >= 0.6 is 11.6 Å². The lowest BCUT2D eigenvalue weighted by Gasteiger charge is -2.22. The Kier molecular flexibility index (Phi) is 5.70. The van der Waals surface area contributed by atoms with E-state index >= 15 is 0 Å². The van der Waals surface area contributed by atoms with Gasteiger partial charge in [0.05, 0.1) is 12.1 Å². The van der Waals surface area contributed by atoms with Crippen molar-refractivity contribution in [2.75, 3.05) is 0 Å². The summed E-state index contributed by atoms with van der Waals surface area (Å²) in [6.45, 7) is 3.49. The fourth-order valence-electron chi connectivity index (χ4n) is 1.61. The number of nitrogens with one attached hydrogen (secondary N) is 1. The molecule has 2 N–H and O–H groups in total. The van der Waals surface area contributed by atoms with Crippen molar-refractivity contribution in [3.05, 3.63) is 34.9 Å². The molecule has 2 atom stereocenters. The molecule has 0 radical (unpaired) electrons. The number of hydrogen-bond acceptors (Lipinski definition) is 2. The highest BCUT2D eigenvalue weighted by atomic mass is 35.5. The Bertz CT molecular complexity index is 459. The average Bonchev–Trinajstić information content (AvgIpc) is 2.36. The molecule has 0 fully saturated rings. The predicted molar refractivity (Wildman–Crippen MR) is 72.1 cm³/mol. The molecule has 0 heterocycles. The van der Waals surface area contributed by atoms with Crippen LogP contribution in [0.15, 0.2) is 24.3 Å². The van der Waals surface area contributed by atoms with Crippen LogP contribution in [0.25, 0.3) is 0 Å². The van der Waals surface area contributed by atoms with Crippen molar-refractivity contribution >= 4 is 17.5 Å². The van der Waals surface area contributed by atoms with Crippen LogP contribution in [-0.2, 0) is 4.79 Å². The van der Waals surface area contributed by atoms with Gasteiger partial charge in [0.25, 0.3) is 5.91 Å². The molecule has 0 bridgehead atoms. The molecule has 0 aliphatic heterocycles. The van der Waals surface area contributed by atoms with Crippen LogP contribution in [0.1, 0.15) is 31.9 Å². The van der Waals surface area contributed by atoms with Crippen molar-refractivity contribution < 1.29 is 9.90 Å². The van der Waals surface area contributed by atoms with E-state index < -0.39 is 6.10 Å². The van der Waals surface area contributed by atoms with Gasteiger partial charge in [-0.05, 0) is 37.0 Å². The first-order chi connectivity index (χ1) is 8.58. The second-order valence-electron chi connectivity index (χ2n) is 3.86. The van der Waals surface area contributed by atoms with Crippen molar-refractivity contribution in [1.29, 1.82) is 0 Å². The molecular formula is C14H16ClNO2. The number of carbonyl (C=O) groups is 1. The molecule has 0 spiro atoms. The number of carbonyl (C=O) groups excluding carboxylic acids is 1. The Morgan fingerprint density at radius 1 is 1.44 bits per heavy atom. The summed E-state index contributed by atoms with van der Waals surface area (Å²) in [6.07, 6.45) is -0.157. The third-order valence-electron chi connectivity index (χ3n) is 2.59. The molecular weight excluding hydrogens is 250 g/mol. The van der Waals surface area contributed by atoms with Gasteiger partial charge in [-0.2, -0.15) is 0 Å². The van der Waals surface area contributed by atoms with Crippen LogP contribution in [0.4, 0.5) is 0 Å². The molecule has 1 amide bonds. The smallest absolute Gasteiger partial charge is 0.296 e. The number of rotatable bonds is 4. The number of hydrogen-bond donors (Lipinski definition) is 2. The number of halogens is 1. The monoisotopic (exact) mass is 265 g/mol. The van der Waals surface area contributed by atoms with Crippen molar-refractivity contribution in [1.82, 2.24) is 5.32 Å². The number of amides is 1. The van der Waals surface area contributed by atoms with E-state index in [1.54, 1.807) is 31.2 Å². The van der Waals surface area contributed by atoms with Crippen molar-refractivity contribution in [2.45, 2.75) is 32.4 Å². The maximum absolute atomic E-state index is 11.4. The Hall–Kier alpha value is -1.50. The Balaban J connectivity index is 2.77. The summed E-state index contributed by atoms with van der Waals surface area (Å²) >= 11 is 5.79. The Morgan fingerprint density at radius 2 is 2.06 bits per heavy atom. The van der Waals surface area contributed by atoms with Crippen molar-refractivity contribution in [3.63, 3.8) is 0 Å². The third kappa shape index (κ3) is 4.06. The molecule has 2 unspecified atom stereocenters. The highest BCUT2D eigenvalue weighted by Gasteiger charge is 2.20. The summed E-state index contributed by atoms with van der Waals surface area (Å²) < 4.78 is 0. The molecule has 1 aromatic carbocycles. The van der Waals surface area contributed by atoms with Crippen molar-refractivity contribution in [3.8, 4) is 11.8 Å². The van der Waals surface area contributed by atoms with Gasteiger partial charge in [-0.25, -0.2) is 0 Å². The summed E-state index contributed by atoms with van der Waals surface area (Å²) in [7, 11) is 0. The minimum Gasteiger partial charge on any atom is -0.386 e. The Morgan fingerprint density at radius 3 is 2.56 bits per heavy atom. The number of aliphatic hydroxyl groups is 1. The van der Waals surface area contributed by atoms with Crippen LogP contribution in [0.3, 0.4) is 0 Å². The minimum absolute atomic E-state index is 0.362. The molecule has 4 heteroatoms. The van der Waals surface area contributed by atoms with E-state index in [9.17, 15) is 9.90 Å². The van der Waals surface area contributed by atoms with Crippen LogP contribution in [-0.4, -0.2) is 17.1 Å². The van der Waals surface area contributed by atoms with E-state index in [-0.39, 0.29) is 11.9 Å². The van der Waals surface area contributed by atoms with Crippen molar-refractivity contribution in [2.24, 2.45) is 0 Å². The molecule has 0 saturated carbocycles. The normalized spacial score (nSPS) is 13.1. The lowest BCUT2D eigenvalue weighted by molar-refractivity contribution is -0.117. The first-order valence-corrected chi connectivity index (χ1v) is 6.13. The number of benzene rings is 1. The zero-order chi connectivity index (χ0) is 13.5. The summed E-state index contributed by atoms with van der Waals surface area (Å²) in [5.74, 6) is 4.54. The van der Waals surface area contributed by atoms with Gasteiger partial charge in [0.1, 0.15) is 0 Å². The van der Waals surface area contributed by atoms with Crippen LogP contribution in [0.2, 0.25) is 5.02 Å². The maximum atomic E-state index is 11.4. The van der Waals surface area contributed by atoms with E-state index in [0.29, 0.717) is 11.4 Å². The lowest BCUT2D eigenvalue weighted by atomic mass is 10.0. The molecule has 0 aliphatic carbocycles. The van der Waals surface area contributed by atoms with Crippen LogP contribution < -0.4 is 5.32 Å². The highest BCUT2D eigenvalue weighted by molar-refractivity contribution is 6.30. The molecule has 3 nitrogen and oxygen atoms in total. The van der Waals surface area contributed by atoms with Gasteiger partial charge in [-0.15, -0.1) is 0 Å². The maximum Gasteiger partial charge on any atom is 0.296 e. The molecule has 96 valence electrons. The van der Waals surface area contributed by atoms with E-state index in [4.69, 9.17) is 11.6 Å². The van der Waals surface area contributed by atoms with Crippen LogP contribution in [0, 0.1) is 11.8 Å². The van der Waals surface area contributed by atoms with Gasteiger partial charge >= 0.3 is 0 Å². The zero-order valence-corrected chi connectivity index (χ0v) is 11.2. The SMILES string of the molecule is CC#CC(=O)NC(CC)C(O)c1ccc(Cl)cc1. The average molecular weight is 266 g/mol. The largest absolute Gasteiger partial charge is 0.386 e. The van der Waals surface area contributed by atoms with Gasteiger partial charge in [-0.1, -0.05) is 36.6 Å². The van der Waals surface area contributed by atoms with Crippen LogP contribution in [0.5, 0.6) is 0 Å². The van der Waals surface area contributed by atoms with Gasteiger partial charge < -0.3 is 10.4 Å². The summed E-state index contributed by atoms with van der Waals surface area (Å²) in [5, 5.41) is 13.5. The first-order valence-electron chi connectivity index (χ1n) is 5.75. The molecule has 0 aromatic heterocycles. The zero-order valence-electron chi connectivity index (χ0n) is 10.4. The summed E-state index contributed by atoms with van der Waals surface area (Å²) in [6, 6.07) is 6.54. The minimum atomic E-state index is -0.769. The molecule has 18 heavy (non-hydrogen) atoms. The molecule has 1 aromatic rings. The second-order valence-corrected chi connectivity index (χ2v) is 4.30. The first kappa shape index (κ1) is 14.6. The van der Waals surface area contributed by atoms with Gasteiger partial charge in [0.15, 0.2) is 0 Å². The second kappa shape index (κ2) is 7.05. The number of aliphatic hydroxyl groups excluding tert-OH is 1. The lowest BCUT2D eigenvalue weighted by Crippen LogP contribution is -2.38. The third-order valence-corrected chi connectivity index (χ3v) is 2.84. The quantitative estimate of drug-likeness (QED) is 0.821. The summed E-state index contributed by atoms with van der Waals surface area (Å²) in [5.41, 5.74) is 0.719. The molecule has 0 saturated heterocycles. The van der Waals surface area contributed by atoms with E-state index in [2.05, 4.69) is 17.2 Å².